The highest BCUT2D eigenvalue weighted by Crippen LogP contribution is 2.18. The average molecular weight is 255 g/mol. The molecular weight excluding hydrogens is 238 g/mol. The molecule has 0 aliphatic carbocycles. The van der Waals surface area contributed by atoms with Crippen molar-refractivity contribution in [1.82, 2.24) is 5.32 Å². The number of carbonyl (C=O) groups is 1. The number of benzene rings is 2. The lowest BCUT2D eigenvalue weighted by Gasteiger charge is -2.11. The van der Waals surface area contributed by atoms with Gasteiger partial charge < -0.3 is 10.1 Å². The molecule has 1 aliphatic rings. The van der Waals surface area contributed by atoms with Crippen LogP contribution in [-0.4, -0.2) is 18.6 Å². The number of hydrogen-bond acceptors (Lipinski definition) is 2. The van der Waals surface area contributed by atoms with Gasteiger partial charge in [0.25, 0.3) is 0 Å². The molecule has 1 aliphatic heterocycles. The minimum Gasteiger partial charge on any atom is -0.368 e. The standard InChI is InChI=1S/C16H17NO2/c18-16(15-9-4-10-19-15)17-11-13-7-3-6-12-5-1-2-8-14(12)13/h1-3,5-8,15H,4,9-11H2,(H,17,18)/t15-/m1/s1. The van der Waals surface area contributed by atoms with E-state index in [0.717, 1.165) is 18.4 Å². The van der Waals surface area contributed by atoms with Gasteiger partial charge >= 0.3 is 0 Å². The van der Waals surface area contributed by atoms with E-state index in [1.54, 1.807) is 0 Å². The molecule has 3 nitrogen and oxygen atoms in total. The maximum absolute atomic E-state index is 11.9. The summed E-state index contributed by atoms with van der Waals surface area (Å²) in [5.74, 6) is 0.00503. The Morgan fingerprint density at radius 1 is 1.21 bits per heavy atom. The first-order chi connectivity index (χ1) is 9.34. The summed E-state index contributed by atoms with van der Waals surface area (Å²) >= 11 is 0. The van der Waals surface area contributed by atoms with Crippen LogP contribution in [0.1, 0.15) is 18.4 Å². The molecule has 1 N–H and O–H groups in total. The van der Waals surface area contributed by atoms with Crippen molar-refractivity contribution in [1.29, 1.82) is 0 Å². The summed E-state index contributed by atoms with van der Waals surface area (Å²) in [4.78, 5) is 11.9. The summed E-state index contributed by atoms with van der Waals surface area (Å²) in [5.41, 5.74) is 1.14. The van der Waals surface area contributed by atoms with Crippen LogP contribution >= 0.6 is 0 Å². The molecule has 1 atom stereocenters. The van der Waals surface area contributed by atoms with Gasteiger partial charge in [-0.25, -0.2) is 0 Å². The van der Waals surface area contributed by atoms with Gasteiger partial charge in [-0.15, -0.1) is 0 Å². The molecule has 19 heavy (non-hydrogen) atoms. The molecule has 98 valence electrons. The van der Waals surface area contributed by atoms with Crippen molar-refractivity contribution in [3.63, 3.8) is 0 Å². The zero-order chi connectivity index (χ0) is 13.1. The summed E-state index contributed by atoms with van der Waals surface area (Å²) < 4.78 is 5.38. The van der Waals surface area contributed by atoms with Crippen molar-refractivity contribution >= 4 is 16.7 Å². The first kappa shape index (κ1) is 12.2. The Morgan fingerprint density at radius 2 is 2.05 bits per heavy atom. The topological polar surface area (TPSA) is 38.3 Å². The normalized spacial score (nSPS) is 18.6. The minimum atomic E-state index is -0.255. The lowest BCUT2D eigenvalue weighted by molar-refractivity contribution is -0.130. The van der Waals surface area contributed by atoms with Crippen LogP contribution in [0.3, 0.4) is 0 Å². The Morgan fingerprint density at radius 3 is 2.89 bits per heavy atom. The van der Waals surface area contributed by atoms with E-state index in [-0.39, 0.29) is 12.0 Å². The summed E-state index contributed by atoms with van der Waals surface area (Å²) in [5, 5.41) is 5.36. The van der Waals surface area contributed by atoms with E-state index in [4.69, 9.17) is 4.74 Å². The molecule has 1 fully saturated rings. The number of fused-ring (bicyclic) bond motifs is 1. The Labute approximate surface area is 112 Å². The van der Waals surface area contributed by atoms with Crippen LogP contribution < -0.4 is 5.32 Å². The molecule has 2 aromatic rings. The second-order valence-electron chi connectivity index (χ2n) is 4.86. The van der Waals surface area contributed by atoms with Crippen LogP contribution in [0.4, 0.5) is 0 Å². The van der Waals surface area contributed by atoms with Crippen molar-refractivity contribution < 1.29 is 9.53 Å². The molecule has 3 rings (SSSR count). The molecular formula is C16H17NO2. The van der Waals surface area contributed by atoms with Crippen molar-refractivity contribution in [2.24, 2.45) is 0 Å². The summed E-state index contributed by atoms with van der Waals surface area (Å²) in [6, 6.07) is 14.4. The largest absolute Gasteiger partial charge is 0.368 e. The summed E-state index contributed by atoms with van der Waals surface area (Å²) in [6.45, 7) is 1.26. The molecule has 0 aromatic heterocycles. The maximum Gasteiger partial charge on any atom is 0.249 e. The number of rotatable bonds is 3. The average Bonchev–Trinajstić information content (AvgIpc) is 2.99. The van der Waals surface area contributed by atoms with E-state index in [1.807, 2.05) is 18.2 Å². The highest BCUT2D eigenvalue weighted by Gasteiger charge is 2.23. The van der Waals surface area contributed by atoms with Crippen LogP contribution in [0, 0.1) is 0 Å². The number of carbonyl (C=O) groups excluding carboxylic acids is 1. The molecule has 3 heteroatoms. The first-order valence-corrected chi connectivity index (χ1v) is 6.70. The molecule has 2 aromatic carbocycles. The third kappa shape index (κ3) is 2.61. The SMILES string of the molecule is O=C(NCc1cccc2ccccc12)[C@H]1CCCO1. The number of hydrogen-bond donors (Lipinski definition) is 1. The lowest BCUT2D eigenvalue weighted by atomic mass is 10.0. The van der Waals surface area contributed by atoms with E-state index in [0.29, 0.717) is 13.2 Å². The lowest BCUT2D eigenvalue weighted by Crippen LogP contribution is -2.33. The van der Waals surface area contributed by atoms with E-state index >= 15 is 0 Å². The van der Waals surface area contributed by atoms with E-state index in [1.165, 1.54) is 10.8 Å². The molecule has 0 saturated carbocycles. The zero-order valence-electron chi connectivity index (χ0n) is 10.8. The third-order valence-corrected chi connectivity index (χ3v) is 3.56. The van der Waals surface area contributed by atoms with E-state index in [9.17, 15) is 4.79 Å². The maximum atomic E-state index is 11.9. The van der Waals surface area contributed by atoms with Crippen LogP contribution in [0.15, 0.2) is 42.5 Å². The second-order valence-corrected chi connectivity index (χ2v) is 4.86. The molecule has 1 heterocycles. The molecule has 0 bridgehead atoms. The fraction of sp³-hybridized carbons (Fsp3) is 0.312. The van der Waals surface area contributed by atoms with E-state index in [2.05, 4.69) is 29.6 Å². The van der Waals surface area contributed by atoms with Crippen LogP contribution in [0.2, 0.25) is 0 Å². The quantitative estimate of drug-likeness (QED) is 0.915. The second kappa shape index (κ2) is 5.41. The number of nitrogens with one attached hydrogen (secondary N) is 1. The zero-order valence-corrected chi connectivity index (χ0v) is 10.8. The molecule has 0 radical (unpaired) electrons. The van der Waals surface area contributed by atoms with Crippen molar-refractivity contribution in [2.45, 2.75) is 25.5 Å². The molecule has 1 amide bonds. The number of ether oxygens (including phenoxy) is 1. The Kier molecular flexibility index (Phi) is 3.47. The Balaban J connectivity index is 1.73. The fourth-order valence-corrected chi connectivity index (χ4v) is 2.53. The smallest absolute Gasteiger partial charge is 0.249 e. The van der Waals surface area contributed by atoms with Gasteiger partial charge in [-0.3, -0.25) is 4.79 Å². The highest BCUT2D eigenvalue weighted by molar-refractivity contribution is 5.86. The third-order valence-electron chi connectivity index (χ3n) is 3.56. The summed E-state index contributed by atoms with van der Waals surface area (Å²) in [7, 11) is 0. The van der Waals surface area contributed by atoms with Gasteiger partial charge in [0.2, 0.25) is 5.91 Å². The molecule has 1 saturated heterocycles. The van der Waals surface area contributed by atoms with Gasteiger partial charge in [0.1, 0.15) is 6.10 Å². The van der Waals surface area contributed by atoms with Gasteiger partial charge in [0.15, 0.2) is 0 Å². The van der Waals surface area contributed by atoms with Crippen LogP contribution in [0.5, 0.6) is 0 Å². The number of amides is 1. The molecule has 0 unspecified atom stereocenters. The molecule has 0 spiro atoms. The monoisotopic (exact) mass is 255 g/mol. The van der Waals surface area contributed by atoms with Gasteiger partial charge in [0.05, 0.1) is 0 Å². The Hall–Kier alpha value is -1.87. The van der Waals surface area contributed by atoms with Crippen molar-refractivity contribution in [3.8, 4) is 0 Å². The fourth-order valence-electron chi connectivity index (χ4n) is 2.53. The highest BCUT2D eigenvalue weighted by atomic mass is 16.5. The van der Waals surface area contributed by atoms with E-state index < -0.39 is 0 Å². The van der Waals surface area contributed by atoms with Crippen LogP contribution in [-0.2, 0) is 16.1 Å². The minimum absolute atomic E-state index is 0.00503. The predicted molar refractivity (Wildman–Crippen MR) is 74.8 cm³/mol. The van der Waals surface area contributed by atoms with Crippen molar-refractivity contribution in [3.05, 3.63) is 48.0 Å². The van der Waals surface area contributed by atoms with Gasteiger partial charge in [-0.2, -0.15) is 0 Å². The van der Waals surface area contributed by atoms with Gasteiger partial charge in [-0.1, -0.05) is 42.5 Å². The Bertz CT molecular complexity index is 583. The van der Waals surface area contributed by atoms with Crippen LogP contribution in [0.25, 0.3) is 10.8 Å². The summed E-state index contributed by atoms with van der Waals surface area (Å²) in [6.07, 6.45) is 1.56. The first-order valence-electron chi connectivity index (χ1n) is 6.70. The van der Waals surface area contributed by atoms with Gasteiger partial charge in [0, 0.05) is 13.2 Å². The van der Waals surface area contributed by atoms with Crippen molar-refractivity contribution in [2.75, 3.05) is 6.61 Å². The predicted octanol–water partition coefficient (Wildman–Crippen LogP) is 2.64. The van der Waals surface area contributed by atoms with Gasteiger partial charge in [-0.05, 0) is 29.2 Å².